The molecule has 0 saturated heterocycles. The number of rotatable bonds is 7. The zero-order valence-corrected chi connectivity index (χ0v) is 14.0. The number of aliphatic hydroxyl groups is 1. The van der Waals surface area contributed by atoms with Crippen molar-refractivity contribution in [2.24, 2.45) is 7.05 Å². The van der Waals surface area contributed by atoms with E-state index in [0.717, 1.165) is 12.0 Å². The number of nitrogens with zero attached hydrogens (tertiary/aromatic N) is 4. The third-order valence-electron chi connectivity index (χ3n) is 3.96. The zero-order valence-electron chi connectivity index (χ0n) is 14.0. The fourth-order valence-corrected chi connectivity index (χ4v) is 2.58. The molecule has 0 spiro atoms. The van der Waals surface area contributed by atoms with Crippen LogP contribution in [0.1, 0.15) is 27.7 Å². The number of aliphatic hydroxyl groups excluding tert-OH is 1. The molecule has 130 valence electrons. The van der Waals surface area contributed by atoms with Gasteiger partial charge in [0, 0.05) is 31.5 Å². The van der Waals surface area contributed by atoms with Crippen LogP contribution >= 0.6 is 0 Å². The quantitative estimate of drug-likeness (QED) is 0.680. The normalized spacial score (nSPS) is 12.1. The number of nitrogens with one attached hydrogen (secondary N) is 1. The first-order chi connectivity index (χ1) is 12.2. The number of carbonyl (C=O) groups is 1. The maximum atomic E-state index is 12.4. The summed E-state index contributed by atoms with van der Waals surface area (Å²) in [6, 6.07) is 11.3. The van der Waals surface area contributed by atoms with E-state index in [2.05, 4.69) is 27.6 Å². The van der Waals surface area contributed by atoms with E-state index in [4.69, 9.17) is 0 Å². The molecular weight excluding hydrogens is 318 g/mol. The average molecular weight is 339 g/mol. The van der Waals surface area contributed by atoms with Crippen LogP contribution in [0.5, 0.6) is 0 Å². The Morgan fingerprint density at radius 3 is 2.76 bits per heavy atom. The second-order valence-electron chi connectivity index (χ2n) is 5.86. The number of hydrogen-bond acceptors (Lipinski definition) is 4. The third kappa shape index (κ3) is 4.33. The molecule has 3 aromatic rings. The first kappa shape index (κ1) is 16.9. The summed E-state index contributed by atoms with van der Waals surface area (Å²) in [7, 11) is 1.79. The molecule has 2 heterocycles. The first-order valence-electron chi connectivity index (χ1n) is 8.13. The average Bonchev–Trinajstić information content (AvgIpc) is 3.28. The van der Waals surface area contributed by atoms with Crippen molar-refractivity contribution in [2.75, 3.05) is 6.61 Å². The van der Waals surface area contributed by atoms with E-state index in [-0.39, 0.29) is 12.5 Å². The third-order valence-corrected chi connectivity index (χ3v) is 3.96. The number of benzene rings is 1. The van der Waals surface area contributed by atoms with Crippen LogP contribution in [0.4, 0.5) is 0 Å². The Morgan fingerprint density at radius 1 is 1.28 bits per heavy atom. The number of carbonyl (C=O) groups excluding carboxylic acids is 1. The van der Waals surface area contributed by atoms with Crippen molar-refractivity contribution in [1.29, 1.82) is 0 Å². The largest absolute Gasteiger partial charge is 0.394 e. The Morgan fingerprint density at radius 2 is 2.08 bits per heavy atom. The van der Waals surface area contributed by atoms with Crippen molar-refractivity contribution in [1.82, 2.24) is 24.9 Å². The van der Waals surface area contributed by atoms with Gasteiger partial charge in [-0.15, -0.1) is 0 Å². The van der Waals surface area contributed by atoms with Gasteiger partial charge in [-0.2, -0.15) is 10.2 Å². The van der Waals surface area contributed by atoms with Gasteiger partial charge < -0.3 is 10.4 Å². The molecule has 0 fully saturated rings. The van der Waals surface area contributed by atoms with E-state index >= 15 is 0 Å². The number of aryl methyl sites for hydroxylation is 3. The van der Waals surface area contributed by atoms with Crippen LogP contribution in [0.3, 0.4) is 0 Å². The Bertz CT molecular complexity index is 825. The summed E-state index contributed by atoms with van der Waals surface area (Å²) in [5.41, 5.74) is 2.30. The molecule has 25 heavy (non-hydrogen) atoms. The smallest absolute Gasteiger partial charge is 0.272 e. The monoisotopic (exact) mass is 339 g/mol. The van der Waals surface area contributed by atoms with E-state index < -0.39 is 6.04 Å². The van der Waals surface area contributed by atoms with Gasteiger partial charge in [0.05, 0.1) is 18.8 Å². The molecule has 0 aliphatic carbocycles. The molecular formula is C18H21N5O2. The predicted molar refractivity (Wildman–Crippen MR) is 92.9 cm³/mol. The molecule has 2 aromatic heterocycles. The number of aromatic nitrogens is 4. The van der Waals surface area contributed by atoms with Crippen LogP contribution < -0.4 is 5.32 Å². The highest BCUT2D eigenvalue weighted by Gasteiger charge is 2.18. The molecule has 1 atom stereocenters. The van der Waals surface area contributed by atoms with Gasteiger partial charge in [-0.05, 0) is 18.1 Å². The number of amides is 1. The second-order valence-corrected chi connectivity index (χ2v) is 5.86. The van der Waals surface area contributed by atoms with Crippen LogP contribution in [-0.4, -0.2) is 37.2 Å². The van der Waals surface area contributed by atoms with Crippen LogP contribution in [0.25, 0.3) is 0 Å². The summed E-state index contributed by atoms with van der Waals surface area (Å²) in [6.45, 7) is 0.496. The van der Waals surface area contributed by atoms with Crippen LogP contribution in [0.2, 0.25) is 0 Å². The lowest BCUT2D eigenvalue weighted by atomic mass is 10.1. The van der Waals surface area contributed by atoms with Crippen LogP contribution in [-0.2, 0) is 20.0 Å². The van der Waals surface area contributed by atoms with Gasteiger partial charge in [0.15, 0.2) is 0 Å². The second kappa shape index (κ2) is 7.76. The minimum absolute atomic E-state index is 0.202. The van der Waals surface area contributed by atoms with Crippen molar-refractivity contribution >= 4 is 5.91 Å². The van der Waals surface area contributed by atoms with Gasteiger partial charge in [-0.3, -0.25) is 14.2 Å². The van der Waals surface area contributed by atoms with Crippen molar-refractivity contribution in [3.05, 3.63) is 71.8 Å². The highest BCUT2D eigenvalue weighted by molar-refractivity contribution is 5.92. The lowest BCUT2D eigenvalue weighted by molar-refractivity contribution is 0.0910. The van der Waals surface area contributed by atoms with E-state index in [9.17, 15) is 9.90 Å². The Kier molecular flexibility index (Phi) is 5.25. The minimum atomic E-state index is -0.504. The number of hydrogen-bond donors (Lipinski definition) is 2. The van der Waals surface area contributed by atoms with E-state index in [1.807, 2.05) is 18.2 Å². The van der Waals surface area contributed by atoms with Crippen LogP contribution in [0, 0.1) is 0 Å². The molecule has 2 N–H and O–H groups in total. The van der Waals surface area contributed by atoms with Crippen molar-refractivity contribution < 1.29 is 9.90 Å². The molecule has 0 radical (unpaired) electrons. The van der Waals surface area contributed by atoms with Gasteiger partial charge in [0.1, 0.15) is 5.69 Å². The van der Waals surface area contributed by atoms with Crippen molar-refractivity contribution in [3.63, 3.8) is 0 Å². The molecule has 1 unspecified atom stereocenters. The Balaban J connectivity index is 1.60. The first-order valence-corrected chi connectivity index (χ1v) is 8.13. The topological polar surface area (TPSA) is 85.0 Å². The summed E-state index contributed by atoms with van der Waals surface area (Å²) in [6.07, 6.45) is 6.02. The fraction of sp³-hybridized carbons (Fsp3) is 0.278. The highest BCUT2D eigenvalue weighted by Crippen LogP contribution is 2.12. The van der Waals surface area contributed by atoms with E-state index in [0.29, 0.717) is 12.2 Å². The summed E-state index contributed by atoms with van der Waals surface area (Å²) >= 11 is 0. The zero-order chi connectivity index (χ0) is 17.6. The molecule has 1 aromatic carbocycles. The molecule has 0 aliphatic rings. The van der Waals surface area contributed by atoms with Gasteiger partial charge in [0.25, 0.3) is 5.91 Å². The van der Waals surface area contributed by atoms with Crippen molar-refractivity contribution in [2.45, 2.75) is 19.0 Å². The standard InChI is InChI=1S/C18H21N5O2/c1-22-12-15(11-19-22)17(13-24)20-18(25)16-8-10-23(21-16)9-7-14-5-3-2-4-6-14/h2-6,8,10-12,17,24H,7,9,13H2,1H3,(H,20,25). The maximum absolute atomic E-state index is 12.4. The summed E-state index contributed by atoms with van der Waals surface area (Å²) in [4.78, 5) is 12.4. The van der Waals surface area contributed by atoms with E-state index in [1.165, 1.54) is 5.56 Å². The predicted octanol–water partition coefficient (Wildman–Crippen LogP) is 1.32. The van der Waals surface area contributed by atoms with E-state index in [1.54, 1.807) is 41.1 Å². The SMILES string of the molecule is Cn1cc(C(CO)NC(=O)c2ccn(CCc3ccccc3)n2)cn1. The summed E-state index contributed by atoms with van der Waals surface area (Å²) in [5.74, 6) is -0.318. The van der Waals surface area contributed by atoms with Gasteiger partial charge in [-0.25, -0.2) is 0 Å². The molecule has 0 bridgehead atoms. The molecule has 1 amide bonds. The summed E-state index contributed by atoms with van der Waals surface area (Å²) in [5, 5.41) is 20.7. The van der Waals surface area contributed by atoms with Gasteiger partial charge in [0.2, 0.25) is 0 Å². The Labute approximate surface area is 145 Å². The molecule has 7 nitrogen and oxygen atoms in total. The van der Waals surface area contributed by atoms with Crippen molar-refractivity contribution in [3.8, 4) is 0 Å². The van der Waals surface area contributed by atoms with Gasteiger partial charge >= 0.3 is 0 Å². The fourth-order valence-electron chi connectivity index (χ4n) is 2.58. The molecule has 3 rings (SSSR count). The lowest BCUT2D eigenvalue weighted by Gasteiger charge is -2.13. The Hall–Kier alpha value is -2.93. The minimum Gasteiger partial charge on any atom is -0.394 e. The molecule has 7 heteroatoms. The lowest BCUT2D eigenvalue weighted by Crippen LogP contribution is -2.31. The molecule has 0 saturated carbocycles. The van der Waals surface area contributed by atoms with Crippen LogP contribution in [0.15, 0.2) is 55.0 Å². The van der Waals surface area contributed by atoms with Gasteiger partial charge in [-0.1, -0.05) is 30.3 Å². The summed E-state index contributed by atoms with van der Waals surface area (Å²) < 4.78 is 3.38. The molecule has 0 aliphatic heterocycles. The maximum Gasteiger partial charge on any atom is 0.272 e. The highest BCUT2D eigenvalue weighted by atomic mass is 16.3.